The molecule has 3 atom stereocenters. The fourth-order valence-corrected chi connectivity index (χ4v) is 4.55. The Kier molecular flexibility index (Phi) is 4.01. The van der Waals surface area contributed by atoms with Crippen molar-refractivity contribution in [3.63, 3.8) is 0 Å². The molecule has 3 unspecified atom stereocenters. The quantitative estimate of drug-likeness (QED) is 0.793. The van der Waals surface area contributed by atoms with E-state index in [0.29, 0.717) is 17.4 Å². The number of halogens is 1. The van der Waals surface area contributed by atoms with Crippen LogP contribution in [0, 0.1) is 11.3 Å². The van der Waals surface area contributed by atoms with E-state index in [4.69, 9.17) is 5.73 Å². The Hall–Kier alpha value is 0.140. The van der Waals surface area contributed by atoms with Crippen LogP contribution in [0.1, 0.15) is 51.5 Å². The first-order valence-electron chi connectivity index (χ1n) is 6.36. The van der Waals surface area contributed by atoms with Gasteiger partial charge < -0.3 is 5.73 Å². The third kappa shape index (κ3) is 2.94. The Morgan fingerprint density at radius 2 is 2.00 bits per heavy atom. The maximum atomic E-state index is 6.33. The van der Waals surface area contributed by atoms with Crippen molar-refractivity contribution in [2.75, 3.05) is 0 Å². The highest BCUT2D eigenvalue weighted by Crippen LogP contribution is 2.45. The number of hydrogen-bond acceptors (Lipinski definition) is 2. The molecule has 1 aromatic rings. The molecule has 2 N–H and O–H groups in total. The summed E-state index contributed by atoms with van der Waals surface area (Å²) in [5.74, 6) is 1.33. The van der Waals surface area contributed by atoms with Crippen molar-refractivity contribution in [2.24, 2.45) is 17.1 Å². The van der Waals surface area contributed by atoms with Crippen molar-refractivity contribution in [2.45, 2.75) is 52.0 Å². The summed E-state index contributed by atoms with van der Waals surface area (Å²) >= 11 is 5.42. The smallest absolute Gasteiger partial charge is 0.0317 e. The molecule has 1 aliphatic carbocycles. The zero-order valence-corrected chi connectivity index (χ0v) is 13.3. The van der Waals surface area contributed by atoms with E-state index in [2.05, 4.69) is 47.5 Å². The normalized spacial score (nSPS) is 30.5. The molecule has 2 rings (SSSR count). The van der Waals surface area contributed by atoms with Gasteiger partial charge in [-0.05, 0) is 57.5 Å². The van der Waals surface area contributed by atoms with Crippen LogP contribution in [0.25, 0.3) is 0 Å². The Morgan fingerprint density at radius 3 is 2.53 bits per heavy atom. The molecule has 1 fully saturated rings. The monoisotopic (exact) mass is 315 g/mol. The second kappa shape index (κ2) is 5.02. The average Bonchev–Trinajstić information content (AvgIpc) is 2.63. The number of nitrogens with two attached hydrogens (primary N) is 1. The second-order valence-corrected chi connectivity index (χ2v) is 7.92. The molecule has 0 radical (unpaired) electrons. The van der Waals surface area contributed by atoms with Crippen LogP contribution in [0.5, 0.6) is 0 Å². The van der Waals surface area contributed by atoms with Gasteiger partial charge in [0, 0.05) is 21.8 Å². The second-order valence-electron chi connectivity index (χ2n) is 6.32. The first-order chi connectivity index (χ1) is 7.89. The molecule has 0 spiro atoms. The summed E-state index contributed by atoms with van der Waals surface area (Å²) in [7, 11) is 0. The molecule has 3 heteroatoms. The van der Waals surface area contributed by atoms with Crippen molar-refractivity contribution < 1.29 is 0 Å². The lowest BCUT2D eigenvalue weighted by Gasteiger charge is -2.40. The summed E-state index contributed by atoms with van der Waals surface area (Å²) in [6.45, 7) is 7.07. The van der Waals surface area contributed by atoms with Crippen LogP contribution >= 0.6 is 27.3 Å². The van der Waals surface area contributed by atoms with E-state index in [0.717, 1.165) is 12.3 Å². The average molecular weight is 316 g/mol. The lowest BCUT2D eigenvalue weighted by Crippen LogP contribution is -2.38. The Bertz CT molecular complexity index is 380. The molecule has 0 saturated heterocycles. The van der Waals surface area contributed by atoms with Gasteiger partial charge in [-0.3, -0.25) is 0 Å². The van der Waals surface area contributed by atoms with Gasteiger partial charge in [0.15, 0.2) is 0 Å². The molecule has 0 aliphatic heterocycles. The van der Waals surface area contributed by atoms with E-state index in [1.807, 2.05) is 0 Å². The van der Waals surface area contributed by atoms with Crippen LogP contribution < -0.4 is 5.73 Å². The summed E-state index contributed by atoms with van der Waals surface area (Å²) in [6.07, 6.45) is 3.68. The molecule has 1 aromatic heterocycles. The minimum Gasteiger partial charge on any atom is -0.327 e. The molecule has 1 nitrogen and oxygen atoms in total. The molecule has 96 valence electrons. The van der Waals surface area contributed by atoms with Gasteiger partial charge in [-0.2, -0.15) is 11.3 Å². The first-order valence-corrected chi connectivity index (χ1v) is 8.10. The molecular weight excluding hydrogens is 294 g/mol. The van der Waals surface area contributed by atoms with Crippen LogP contribution in [0.3, 0.4) is 0 Å². The third-order valence-electron chi connectivity index (χ3n) is 4.17. The fourth-order valence-electron chi connectivity index (χ4n) is 2.89. The maximum absolute atomic E-state index is 6.33. The van der Waals surface area contributed by atoms with Crippen LogP contribution in [0.4, 0.5) is 0 Å². The van der Waals surface area contributed by atoms with Crippen LogP contribution in [-0.2, 0) is 0 Å². The molecule has 1 saturated carbocycles. The third-order valence-corrected chi connectivity index (χ3v) is 5.92. The summed E-state index contributed by atoms with van der Waals surface area (Å²) in [6, 6.07) is 0.333. The van der Waals surface area contributed by atoms with Crippen molar-refractivity contribution in [1.29, 1.82) is 0 Å². The van der Waals surface area contributed by atoms with Crippen LogP contribution in [-0.4, -0.2) is 6.04 Å². The van der Waals surface area contributed by atoms with Gasteiger partial charge in [0.05, 0.1) is 0 Å². The molecule has 1 aliphatic rings. The van der Waals surface area contributed by atoms with Gasteiger partial charge in [-0.15, -0.1) is 0 Å². The van der Waals surface area contributed by atoms with Crippen LogP contribution in [0.15, 0.2) is 15.2 Å². The SMILES string of the molecule is CC(C)(C)C1CCC(N)C(c2cscc2Br)C1. The Labute approximate surface area is 117 Å². The minimum absolute atomic E-state index is 0.333. The van der Waals surface area contributed by atoms with Gasteiger partial charge >= 0.3 is 0 Å². The van der Waals surface area contributed by atoms with Gasteiger partial charge in [-0.1, -0.05) is 20.8 Å². The predicted molar refractivity (Wildman–Crippen MR) is 79.5 cm³/mol. The number of rotatable bonds is 1. The van der Waals surface area contributed by atoms with Gasteiger partial charge in [0.2, 0.25) is 0 Å². The maximum Gasteiger partial charge on any atom is 0.0317 e. The van der Waals surface area contributed by atoms with Crippen molar-refractivity contribution in [3.8, 4) is 0 Å². The zero-order chi connectivity index (χ0) is 12.6. The molecule has 0 bridgehead atoms. The number of hydrogen-bond donors (Lipinski definition) is 1. The van der Waals surface area contributed by atoms with Crippen LogP contribution in [0.2, 0.25) is 0 Å². The summed E-state index contributed by atoms with van der Waals surface area (Å²) < 4.78 is 1.25. The highest BCUT2D eigenvalue weighted by Gasteiger charge is 2.35. The highest BCUT2D eigenvalue weighted by atomic mass is 79.9. The molecule has 0 aromatic carbocycles. The molecular formula is C14H22BrNS. The van der Waals surface area contributed by atoms with Crippen molar-refractivity contribution in [3.05, 3.63) is 20.8 Å². The van der Waals surface area contributed by atoms with Crippen molar-refractivity contribution in [1.82, 2.24) is 0 Å². The lowest BCUT2D eigenvalue weighted by molar-refractivity contribution is 0.154. The van der Waals surface area contributed by atoms with Gasteiger partial charge in [0.25, 0.3) is 0 Å². The largest absolute Gasteiger partial charge is 0.327 e. The van der Waals surface area contributed by atoms with E-state index >= 15 is 0 Å². The highest BCUT2D eigenvalue weighted by molar-refractivity contribution is 9.10. The molecule has 17 heavy (non-hydrogen) atoms. The topological polar surface area (TPSA) is 26.0 Å². The fraction of sp³-hybridized carbons (Fsp3) is 0.714. The summed E-state index contributed by atoms with van der Waals surface area (Å²) in [5.41, 5.74) is 8.16. The first kappa shape index (κ1) is 13.6. The van der Waals surface area contributed by atoms with E-state index in [-0.39, 0.29) is 0 Å². The summed E-state index contributed by atoms with van der Waals surface area (Å²) in [4.78, 5) is 0. The molecule has 0 amide bonds. The van der Waals surface area contributed by atoms with E-state index < -0.39 is 0 Å². The summed E-state index contributed by atoms with van der Waals surface area (Å²) in [5, 5.41) is 4.43. The Balaban J connectivity index is 2.19. The van der Waals surface area contributed by atoms with Crippen molar-refractivity contribution >= 4 is 27.3 Å². The van der Waals surface area contributed by atoms with Gasteiger partial charge in [-0.25, -0.2) is 0 Å². The van der Waals surface area contributed by atoms with E-state index in [9.17, 15) is 0 Å². The van der Waals surface area contributed by atoms with E-state index in [1.165, 1.54) is 22.9 Å². The minimum atomic E-state index is 0.333. The lowest BCUT2D eigenvalue weighted by atomic mass is 9.66. The standard InChI is InChI=1S/C14H22BrNS/c1-14(2,3)9-4-5-13(16)10(6-9)11-7-17-8-12(11)15/h7-10,13H,4-6,16H2,1-3H3. The van der Waals surface area contributed by atoms with E-state index in [1.54, 1.807) is 11.3 Å². The Morgan fingerprint density at radius 1 is 1.29 bits per heavy atom. The van der Waals surface area contributed by atoms with Gasteiger partial charge in [0.1, 0.15) is 0 Å². The zero-order valence-electron chi connectivity index (χ0n) is 10.9. The molecule has 1 heterocycles. The predicted octanol–water partition coefficient (Wildman–Crippen LogP) is 4.77. The number of thiophene rings is 1.